The van der Waals surface area contributed by atoms with Crippen LogP contribution >= 0.6 is 0 Å². The Morgan fingerprint density at radius 2 is 1.69 bits per heavy atom. The first-order valence-electron chi connectivity index (χ1n) is 8.97. The van der Waals surface area contributed by atoms with Crippen LogP contribution in [0.3, 0.4) is 0 Å². The predicted octanol–water partition coefficient (Wildman–Crippen LogP) is 3.95. The Balaban J connectivity index is 1.60. The van der Waals surface area contributed by atoms with Gasteiger partial charge in [-0.2, -0.15) is 5.10 Å². The number of aromatic nitrogens is 3. The number of nitrogens with one attached hydrogen (secondary N) is 1. The Morgan fingerprint density at radius 3 is 2.45 bits per heavy atom. The number of nitrogens with zero attached hydrogens (tertiary/aromatic N) is 2. The number of phenols is 1. The number of hydrogen-bond donors (Lipinski definition) is 3. The molecule has 0 fully saturated rings. The van der Waals surface area contributed by atoms with E-state index >= 15 is 0 Å². The third-order valence-corrected chi connectivity index (χ3v) is 4.71. The van der Waals surface area contributed by atoms with Gasteiger partial charge in [-0.1, -0.05) is 18.2 Å². The third kappa shape index (κ3) is 2.85. The average molecular weight is 384 g/mol. The highest BCUT2D eigenvalue weighted by molar-refractivity contribution is 6.07. The van der Waals surface area contributed by atoms with E-state index in [9.17, 15) is 9.90 Å². The molecule has 2 aromatic heterocycles. The molecule has 0 atom stereocenters. The van der Waals surface area contributed by atoms with Gasteiger partial charge in [0.15, 0.2) is 0 Å². The Morgan fingerprint density at radius 1 is 0.966 bits per heavy atom. The highest BCUT2D eigenvalue weighted by Crippen LogP contribution is 2.29. The molecule has 2 heterocycles. The summed E-state index contributed by atoms with van der Waals surface area (Å²) in [6.45, 7) is 0. The van der Waals surface area contributed by atoms with Crippen LogP contribution in [0.15, 0.2) is 77.6 Å². The number of anilines is 1. The van der Waals surface area contributed by atoms with Crippen LogP contribution in [0.2, 0.25) is 0 Å². The Bertz CT molecular complexity index is 1400. The van der Waals surface area contributed by atoms with Crippen LogP contribution in [-0.4, -0.2) is 19.9 Å². The summed E-state index contributed by atoms with van der Waals surface area (Å²) in [5.74, 6) is 1.72. The van der Waals surface area contributed by atoms with Gasteiger partial charge >= 0.3 is 0 Å². The number of nitrogens with two attached hydrogens (primary N) is 1. The molecule has 3 aromatic carbocycles. The molecule has 5 rings (SSSR count). The first-order valence-corrected chi connectivity index (χ1v) is 8.97. The summed E-state index contributed by atoms with van der Waals surface area (Å²) in [5, 5.41) is 15.3. The number of phenolic OH excluding ortho intramolecular Hbond substituents is 1. The Labute approximate surface area is 164 Å². The van der Waals surface area contributed by atoms with Crippen molar-refractivity contribution in [2.24, 2.45) is 0 Å². The topological polar surface area (TPSA) is 106 Å². The first kappa shape index (κ1) is 16.9. The zero-order chi connectivity index (χ0) is 20.0. The molecule has 0 aliphatic heterocycles. The fourth-order valence-electron chi connectivity index (χ4n) is 3.35. The van der Waals surface area contributed by atoms with Gasteiger partial charge in [0.2, 0.25) is 0 Å². The summed E-state index contributed by atoms with van der Waals surface area (Å²) in [6, 6.07) is 21.5. The number of hydrogen-bond acceptors (Lipinski definition) is 5. The lowest BCUT2D eigenvalue weighted by molar-refractivity contribution is 0.476. The molecule has 7 nitrogen and oxygen atoms in total. The fraction of sp³-hybridized carbons (Fsp3) is 0. The predicted molar refractivity (Wildman–Crippen MR) is 112 cm³/mol. The van der Waals surface area contributed by atoms with E-state index in [0.29, 0.717) is 33.2 Å². The SMILES string of the molecule is Nc1c2c(=O)[nH]c3cc(O)ccc3c2nn1-c1ccc(Oc2ccccc2)cc1. The van der Waals surface area contributed by atoms with Crippen molar-refractivity contribution in [3.8, 4) is 22.9 Å². The fourth-order valence-corrected chi connectivity index (χ4v) is 3.35. The molecule has 0 aliphatic rings. The van der Waals surface area contributed by atoms with Gasteiger partial charge in [0.1, 0.15) is 34.0 Å². The summed E-state index contributed by atoms with van der Waals surface area (Å²) in [7, 11) is 0. The van der Waals surface area contributed by atoms with Crippen LogP contribution in [0.25, 0.3) is 27.5 Å². The van der Waals surface area contributed by atoms with Crippen molar-refractivity contribution >= 4 is 27.6 Å². The number of para-hydroxylation sites is 1. The molecule has 5 aromatic rings. The molecule has 7 heteroatoms. The number of pyridine rings is 1. The lowest BCUT2D eigenvalue weighted by atomic mass is 10.1. The van der Waals surface area contributed by atoms with E-state index in [1.54, 1.807) is 12.1 Å². The summed E-state index contributed by atoms with van der Waals surface area (Å²) in [5.41, 5.74) is 7.57. The summed E-state index contributed by atoms with van der Waals surface area (Å²) < 4.78 is 7.33. The molecule has 0 unspecified atom stereocenters. The zero-order valence-electron chi connectivity index (χ0n) is 15.2. The van der Waals surface area contributed by atoms with Gasteiger partial charge in [-0.3, -0.25) is 4.79 Å². The molecule has 0 bridgehead atoms. The van der Waals surface area contributed by atoms with Gasteiger partial charge < -0.3 is 20.6 Å². The van der Waals surface area contributed by atoms with Crippen molar-refractivity contribution in [3.05, 3.63) is 83.2 Å². The van der Waals surface area contributed by atoms with Gasteiger partial charge in [-0.25, -0.2) is 4.68 Å². The molecule has 29 heavy (non-hydrogen) atoms. The molecule has 4 N–H and O–H groups in total. The summed E-state index contributed by atoms with van der Waals surface area (Å²) >= 11 is 0. The van der Waals surface area contributed by atoms with Gasteiger partial charge in [-0.15, -0.1) is 0 Å². The molecule has 0 aliphatic carbocycles. The van der Waals surface area contributed by atoms with E-state index in [1.165, 1.54) is 10.7 Å². The third-order valence-electron chi connectivity index (χ3n) is 4.71. The second-order valence-electron chi connectivity index (χ2n) is 6.61. The molecular weight excluding hydrogens is 368 g/mol. The highest BCUT2D eigenvalue weighted by atomic mass is 16.5. The van der Waals surface area contributed by atoms with Crippen LogP contribution in [0.4, 0.5) is 5.82 Å². The van der Waals surface area contributed by atoms with E-state index in [4.69, 9.17) is 10.5 Å². The van der Waals surface area contributed by atoms with E-state index in [2.05, 4.69) is 10.1 Å². The Kier molecular flexibility index (Phi) is 3.74. The lowest BCUT2D eigenvalue weighted by Gasteiger charge is -2.07. The number of H-pyrrole nitrogens is 1. The minimum atomic E-state index is -0.356. The monoisotopic (exact) mass is 384 g/mol. The van der Waals surface area contributed by atoms with E-state index in [0.717, 1.165) is 5.75 Å². The maximum atomic E-state index is 12.5. The molecule has 0 saturated heterocycles. The number of aromatic hydroxyl groups is 1. The maximum Gasteiger partial charge on any atom is 0.261 e. The molecule has 0 radical (unpaired) electrons. The van der Waals surface area contributed by atoms with E-state index in [-0.39, 0.29) is 17.1 Å². The number of ether oxygens (including phenoxy) is 1. The minimum absolute atomic E-state index is 0.0638. The number of benzene rings is 3. The van der Waals surface area contributed by atoms with Gasteiger partial charge in [0.05, 0.1) is 11.2 Å². The second kappa shape index (κ2) is 6.42. The van der Waals surface area contributed by atoms with Crippen LogP contribution < -0.4 is 16.0 Å². The number of fused-ring (bicyclic) bond motifs is 3. The van der Waals surface area contributed by atoms with Crippen molar-refractivity contribution in [1.82, 2.24) is 14.8 Å². The standard InChI is InChI=1S/C22H16N4O3/c23-21-19-20(17-11-8-14(27)12-18(17)24-22(19)28)25-26(21)13-6-9-16(10-7-13)29-15-4-2-1-3-5-15/h1-12,27H,23H2,(H,24,28). The largest absolute Gasteiger partial charge is 0.508 e. The molecule has 142 valence electrons. The van der Waals surface area contributed by atoms with Crippen molar-refractivity contribution in [2.75, 3.05) is 5.73 Å². The van der Waals surface area contributed by atoms with Crippen LogP contribution in [0, 0.1) is 0 Å². The first-order chi connectivity index (χ1) is 14.1. The second-order valence-corrected chi connectivity index (χ2v) is 6.61. The Hall–Kier alpha value is -4.26. The number of nitrogen functional groups attached to an aromatic ring is 1. The lowest BCUT2D eigenvalue weighted by Crippen LogP contribution is -2.08. The smallest absolute Gasteiger partial charge is 0.261 e. The highest BCUT2D eigenvalue weighted by Gasteiger charge is 2.16. The van der Waals surface area contributed by atoms with Gasteiger partial charge in [0, 0.05) is 11.5 Å². The number of rotatable bonds is 3. The quantitative estimate of drug-likeness (QED) is 0.437. The minimum Gasteiger partial charge on any atom is -0.508 e. The van der Waals surface area contributed by atoms with E-state index < -0.39 is 0 Å². The zero-order valence-corrected chi connectivity index (χ0v) is 15.2. The van der Waals surface area contributed by atoms with Crippen LogP contribution in [-0.2, 0) is 0 Å². The normalized spacial score (nSPS) is 11.2. The van der Waals surface area contributed by atoms with Crippen molar-refractivity contribution in [1.29, 1.82) is 0 Å². The number of aromatic amines is 1. The van der Waals surface area contributed by atoms with Gasteiger partial charge in [0.25, 0.3) is 5.56 Å². The average Bonchev–Trinajstić information content (AvgIpc) is 3.07. The van der Waals surface area contributed by atoms with E-state index in [1.807, 2.05) is 54.6 Å². The molecule has 0 amide bonds. The maximum absolute atomic E-state index is 12.5. The molecular formula is C22H16N4O3. The van der Waals surface area contributed by atoms with Crippen LogP contribution in [0.5, 0.6) is 17.2 Å². The van der Waals surface area contributed by atoms with Crippen molar-refractivity contribution in [3.63, 3.8) is 0 Å². The molecule has 0 saturated carbocycles. The van der Waals surface area contributed by atoms with Crippen molar-refractivity contribution in [2.45, 2.75) is 0 Å². The van der Waals surface area contributed by atoms with Crippen LogP contribution in [0.1, 0.15) is 0 Å². The summed E-state index contributed by atoms with van der Waals surface area (Å²) in [4.78, 5) is 15.3. The summed E-state index contributed by atoms with van der Waals surface area (Å²) in [6.07, 6.45) is 0. The van der Waals surface area contributed by atoms with Gasteiger partial charge in [-0.05, 0) is 48.5 Å². The molecule has 0 spiro atoms. The van der Waals surface area contributed by atoms with Crippen molar-refractivity contribution < 1.29 is 9.84 Å².